The summed E-state index contributed by atoms with van der Waals surface area (Å²) < 4.78 is 4.18. The highest BCUT2D eigenvalue weighted by Gasteiger charge is 2.23. The Bertz CT molecular complexity index is 794. The van der Waals surface area contributed by atoms with Crippen LogP contribution in [0.5, 0.6) is 0 Å². The first kappa shape index (κ1) is 13.7. The Labute approximate surface area is 122 Å². The Morgan fingerprint density at radius 3 is 2.95 bits per heavy atom. The van der Waals surface area contributed by atoms with E-state index < -0.39 is 17.4 Å². The monoisotopic (exact) mass is 316 g/mol. The summed E-state index contributed by atoms with van der Waals surface area (Å²) >= 11 is 7.10. The molecule has 0 bridgehead atoms. The SMILES string of the molecule is Cn1c(=O)n(C[C@H](O)CCl)c(=O)c2c1nc1n2CCS1. The number of aromatic nitrogens is 4. The Balaban J connectivity index is 2.31. The molecule has 3 rings (SSSR count). The fourth-order valence-corrected chi connectivity index (χ4v) is 3.36. The van der Waals surface area contributed by atoms with Crippen LogP contribution in [0.15, 0.2) is 14.7 Å². The van der Waals surface area contributed by atoms with Crippen molar-refractivity contribution >= 4 is 34.5 Å². The van der Waals surface area contributed by atoms with Gasteiger partial charge in [-0.15, -0.1) is 11.6 Å². The first-order valence-corrected chi connectivity index (χ1v) is 7.63. The van der Waals surface area contributed by atoms with Gasteiger partial charge in [0.05, 0.1) is 18.5 Å². The van der Waals surface area contributed by atoms with E-state index in [2.05, 4.69) is 4.98 Å². The van der Waals surface area contributed by atoms with E-state index in [1.807, 2.05) is 4.57 Å². The first-order valence-electron chi connectivity index (χ1n) is 6.11. The van der Waals surface area contributed by atoms with Gasteiger partial charge in [0.25, 0.3) is 5.56 Å². The third-order valence-corrected chi connectivity index (χ3v) is 4.63. The number of thioether (sulfide) groups is 1. The van der Waals surface area contributed by atoms with Gasteiger partial charge in [-0.25, -0.2) is 9.78 Å². The molecule has 0 radical (unpaired) electrons. The maximum Gasteiger partial charge on any atom is 0.332 e. The molecule has 1 aliphatic heterocycles. The van der Waals surface area contributed by atoms with Crippen LogP contribution in [-0.4, -0.2) is 41.5 Å². The second-order valence-electron chi connectivity index (χ2n) is 4.63. The lowest BCUT2D eigenvalue weighted by Crippen LogP contribution is -2.42. The standard InChI is InChI=1S/C11H13ClN4O3S/c1-14-8-7(15-2-3-20-10(15)13-8)9(18)16(11(14)19)5-6(17)4-12/h6,17H,2-5H2,1H3/t6-/m1/s1. The van der Waals surface area contributed by atoms with Crippen LogP contribution in [0.2, 0.25) is 0 Å². The number of rotatable bonds is 3. The molecule has 0 fully saturated rings. The van der Waals surface area contributed by atoms with Crippen LogP contribution in [0, 0.1) is 0 Å². The minimum atomic E-state index is -0.935. The number of aryl methyl sites for hydroxylation is 2. The number of nitrogens with zero attached hydrogens (tertiary/aromatic N) is 4. The number of aliphatic hydroxyl groups excluding tert-OH is 1. The zero-order valence-electron chi connectivity index (χ0n) is 10.7. The maximum absolute atomic E-state index is 12.5. The molecule has 1 atom stereocenters. The lowest BCUT2D eigenvalue weighted by atomic mass is 10.4. The highest BCUT2D eigenvalue weighted by atomic mass is 35.5. The Morgan fingerprint density at radius 2 is 2.25 bits per heavy atom. The summed E-state index contributed by atoms with van der Waals surface area (Å²) in [7, 11) is 1.57. The molecule has 0 aliphatic carbocycles. The summed E-state index contributed by atoms with van der Waals surface area (Å²) in [5.74, 6) is 0.832. The predicted molar refractivity (Wildman–Crippen MR) is 76.7 cm³/mol. The highest BCUT2D eigenvalue weighted by molar-refractivity contribution is 7.99. The quantitative estimate of drug-likeness (QED) is 0.779. The smallest absolute Gasteiger partial charge is 0.332 e. The minimum absolute atomic E-state index is 0.0337. The summed E-state index contributed by atoms with van der Waals surface area (Å²) in [6, 6.07) is 0. The Kier molecular flexibility index (Phi) is 3.39. The number of alkyl halides is 1. The van der Waals surface area contributed by atoms with Crippen molar-refractivity contribution in [2.45, 2.75) is 24.3 Å². The molecule has 9 heteroatoms. The van der Waals surface area contributed by atoms with Gasteiger partial charge in [-0.3, -0.25) is 13.9 Å². The molecule has 3 heterocycles. The van der Waals surface area contributed by atoms with E-state index in [4.69, 9.17) is 11.6 Å². The summed E-state index contributed by atoms with van der Waals surface area (Å²) in [5.41, 5.74) is -0.116. The van der Waals surface area contributed by atoms with Crippen molar-refractivity contribution in [1.82, 2.24) is 18.7 Å². The lowest BCUT2D eigenvalue weighted by molar-refractivity contribution is 0.173. The van der Waals surface area contributed by atoms with E-state index in [1.165, 1.54) is 4.57 Å². The average Bonchev–Trinajstić information content (AvgIpc) is 3.01. The third-order valence-electron chi connectivity index (χ3n) is 3.31. The number of imidazole rings is 1. The maximum atomic E-state index is 12.5. The minimum Gasteiger partial charge on any atom is -0.390 e. The van der Waals surface area contributed by atoms with Gasteiger partial charge in [0, 0.05) is 19.3 Å². The predicted octanol–water partition coefficient (Wildman–Crippen LogP) is -0.398. The molecule has 20 heavy (non-hydrogen) atoms. The molecule has 0 aromatic carbocycles. The molecule has 0 spiro atoms. The Hall–Kier alpha value is -1.25. The lowest BCUT2D eigenvalue weighted by Gasteiger charge is -2.11. The molecule has 0 saturated heterocycles. The van der Waals surface area contributed by atoms with Crippen LogP contribution in [-0.2, 0) is 20.1 Å². The molecule has 0 saturated carbocycles. The molecule has 2 aromatic rings. The van der Waals surface area contributed by atoms with Gasteiger partial charge in [-0.05, 0) is 0 Å². The first-order chi connectivity index (χ1) is 9.54. The zero-order chi connectivity index (χ0) is 14.4. The number of hydrogen-bond acceptors (Lipinski definition) is 5. The molecule has 7 nitrogen and oxygen atoms in total. The van der Waals surface area contributed by atoms with E-state index in [9.17, 15) is 14.7 Å². The van der Waals surface area contributed by atoms with Crippen LogP contribution in [0.1, 0.15) is 0 Å². The molecule has 1 N–H and O–H groups in total. The van der Waals surface area contributed by atoms with Crippen molar-refractivity contribution < 1.29 is 5.11 Å². The molecular weight excluding hydrogens is 304 g/mol. The second kappa shape index (κ2) is 4.94. The van der Waals surface area contributed by atoms with E-state index in [1.54, 1.807) is 18.8 Å². The topological polar surface area (TPSA) is 82.0 Å². The molecule has 0 amide bonds. The summed E-state index contributed by atoms with van der Waals surface area (Å²) in [6.07, 6.45) is -0.935. The summed E-state index contributed by atoms with van der Waals surface area (Å²) in [4.78, 5) is 29.0. The van der Waals surface area contributed by atoms with Crippen molar-refractivity contribution in [3.63, 3.8) is 0 Å². The van der Waals surface area contributed by atoms with E-state index in [0.717, 1.165) is 15.5 Å². The van der Waals surface area contributed by atoms with E-state index >= 15 is 0 Å². The largest absolute Gasteiger partial charge is 0.390 e. The van der Waals surface area contributed by atoms with Crippen molar-refractivity contribution in [2.24, 2.45) is 7.05 Å². The Morgan fingerprint density at radius 1 is 1.50 bits per heavy atom. The highest BCUT2D eigenvalue weighted by Crippen LogP contribution is 2.27. The van der Waals surface area contributed by atoms with Crippen LogP contribution < -0.4 is 11.2 Å². The van der Waals surface area contributed by atoms with Gasteiger partial charge >= 0.3 is 5.69 Å². The van der Waals surface area contributed by atoms with Gasteiger partial charge in [-0.1, -0.05) is 11.8 Å². The molecule has 0 unspecified atom stereocenters. The normalized spacial score (nSPS) is 15.8. The van der Waals surface area contributed by atoms with Gasteiger partial charge in [0.15, 0.2) is 16.3 Å². The van der Waals surface area contributed by atoms with Gasteiger partial charge in [0.1, 0.15) is 0 Å². The van der Waals surface area contributed by atoms with Crippen LogP contribution in [0.4, 0.5) is 0 Å². The third kappa shape index (κ3) is 1.90. The second-order valence-corrected chi connectivity index (χ2v) is 6.00. The fourth-order valence-electron chi connectivity index (χ4n) is 2.32. The van der Waals surface area contributed by atoms with Crippen LogP contribution >= 0.6 is 23.4 Å². The number of hydrogen-bond donors (Lipinski definition) is 1. The molecule has 108 valence electrons. The van der Waals surface area contributed by atoms with E-state index in [-0.39, 0.29) is 12.4 Å². The zero-order valence-corrected chi connectivity index (χ0v) is 12.3. The van der Waals surface area contributed by atoms with Gasteiger partial charge < -0.3 is 9.67 Å². The van der Waals surface area contributed by atoms with Crippen LogP contribution in [0.3, 0.4) is 0 Å². The van der Waals surface area contributed by atoms with E-state index in [0.29, 0.717) is 17.7 Å². The van der Waals surface area contributed by atoms with Crippen LogP contribution in [0.25, 0.3) is 11.2 Å². The van der Waals surface area contributed by atoms with Gasteiger partial charge in [0.2, 0.25) is 0 Å². The van der Waals surface area contributed by atoms with Crippen molar-refractivity contribution in [3.8, 4) is 0 Å². The molecule has 2 aromatic heterocycles. The number of halogens is 1. The van der Waals surface area contributed by atoms with Crippen molar-refractivity contribution in [2.75, 3.05) is 11.6 Å². The summed E-state index contributed by atoms with van der Waals surface area (Å²) in [5, 5.41) is 10.4. The van der Waals surface area contributed by atoms with Gasteiger partial charge in [-0.2, -0.15) is 0 Å². The number of fused-ring (bicyclic) bond motifs is 3. The average molecular weight is 317 g/mol. The molecule has 1 aliphatic rings. The van der Waals surface area contributed by atoms with Crippen molar-refractivity contribution in [1.29, 1.82) is 0 Å². The summed E-state index contributed by atoms with van der Waals surface area (Å²) in [6.45, 7) is 0.584. The van der Waals surface area contributed by atoms with Crippen molar-refractivity contribution in [3.05, 3.63) is 20.8 Å². The fraction of sp³-hybridized carbons (Fsp3) is 0.545. The number of aliphatic hydroxyl groups is 1. The molecular formula is C11H13ClN4O3S.